The highest BCUT2D eigenvalue weighted by Crippen LogP contribution is 2.33. The van der Waals surface area contributed by atoms with Crippen LogP contribution < -0.4 is 16.0 Å². The van der Waals surface area contributed by atoms with Gasteiger partial charge in [-0.2, -0.15) is 0 Å². The first-order valence-corrected chi connectivity index (χ1v) is 15.6. The second-order valence-electron chi connectivity index (χ2n) is 11.7. The van der Waals surface area contributed by atoms with Gasteiger partial charge in [-0.15, -0.1) is 0 Å². The average molecular weight is 579 g/mol. The van der Waals surface area contributed by atoms with Crippen molar-refractivity contribution in [3.05, 3.63) is 36.4 Å². The van der Waals surface area contributed by atoms with Crippen LogP contribution in [-0.2, 0) is 20.9 Å². The van der Waals surface area contributed by atoms with Crippen molar-refractivity contribution in [1.82, 2.24) is 25.6 Å². The fourth-order valence-corrected chi connectivity index (χ4v) is 6.63. The van der Waals surface area contributed by atoms with Crippen molar-refractivity contribution in [3.63, 3.8) is 0 Å². The molecule has 4 N–H and O–H groups in total. The smallest absolute Gasteiger partial charge is 0.229 e. The molecule has 3 aromatic rings. The van der Waals surface area contributed by atoms with Crippen LogP contribution in [0.4, 0.5) is 5.13 Å². The number of carbonyl (C=O) groups is 2. The Morgan fingerprint density at radius 2 is 1.83 bits per heavy atom. The predicted molar refractivity (Wildman–Crippen MR) is 157 cm³/mol. The van der Waals surface area contributed by atoms with Crippen molar-refractivity contribution in [2.75, 3.05) is 11.9 Å². The highest BCUT2D eigenvalue weighted by Gasteiger charge is 2.35. The molecule has 2 amide bonds. The maximum Gasteiger partial charge on any atom is 0.229 e. The Morgan fingerprint density at radius 1 is 1.05 bits per heavy atom. The Balaban J connectivity index is 0.967. The van der Waals surface area contributed by atoms with Crippen LogP contribution in [-0.4, -0.2) is 62.7 Å². The molecule has 11 heteroatoms. The lowest BCUT2D eigenvalue weighted by Gasteiger charge is -2.36. The topological polar surface area (TPSA) is 138 Å². The molecule has 2 aromatic heterocycles. The number of rotatable bonds is 11. The Hall–Kier alpha value is -2.99. The minimum absolute atomic E-state index is 0.00426. The number of amides is 2. The standard InChI is InChI=1S/C30H38N6O4S/c1-17(13-33-28(38)18-4-2-5-18)34-22-10-20(11-22)29(39)36-30-35-23-9-8-19(12-26(23)41-30)21-14-31-27(32-15-21)16-40-25-7-3-6-24(25)37/h8-9,12,14-15,17-18,20,22,24-25,34,37H,2-7,10-11,13,16H2,1H3,(H,33,38)(H,35,36,39)/t17-,20-,22+,24-,25-/m0/s1. The van der Waals surface area contributed by atoms with Crippen LogP contribution in [0.25, 0.3) is 21.3 Å². The summed E-state index contributed by atoms with van der Waals surface area (Å²) < 4.78 is 6.77. The van der Waals surface area contributed by atoms with Gasteiger partial charge in [-0.1, -0.05) is 23.8 Å². The number of nitrogens with zero attached hydrogens (tertiary/aromatic N) is 3. The summed E-state index contributed by atoms with van der Waals surface area (Å²) in [5.41, 5.74) is 2.70. The Kier molecular flexibility index (Phi) is 8.57. The molecule has 2 heterocycles. The lowest BCUT2D eigenvalue weighted by atomic mass is 9.79. The van der Waals surface area contributed by atoms with Gasteiger partial charge < -0.3 is 25.8 Å². The molecule has 0 bridgehead atoms. The van der Waals surface area contributed by atoms with Crippen LogP contribution in [0, 0.1) is 11.8 Å². The molecule has 41 heavy (non-hydrogen) atoms. The second-order valence-corrected chi connectivity index (χ2v) is 12.8. The van der Waals surface area contributed by atoms with Gasteiger partial charge in [-0.25, -0.2) is 15.0 Å². The van der Waals surface area contributed by atoms with Crippen molar-refractivity contribution < 1.29 is 19.4 Å². The predicted octanol–water partition coefficient (Wildman–Crippen LogP) is 3.79. The number of hydrogen-bond donors (Lipinski definition) is 4. The number of aliphatic hydroxyl groups excluding tert-OH is 1. The van der Waals surface area contributed by atoms with E-state index < -0.39 is 6.10 Å². The fraction of sp³-hybridized carbons (Fsp3) is 0.567. The van der Waals surface area contributed by atoms with Gasteiger partial charge in [0.05, 0.1) is 22.4 Å². The summed E-state index contributed by atoms with van der Waals surface area (Å²) in [7, 11) is 0. The molecule has 3 aliphatic rings. The van der Waals surface area contributed by atoms with Crippen LogP contribution in [0.5, 0.6) is 0 Å². The van der Waals surface area contributed by atoms with Crippen LogP contribution >= 0.6 is 11.3 Å². The molecule has 218 valence electrons. The molecule has 10 nitrogen and oxygen atoms in total. The van der Waals surface area contributed by atoms with Crippen molar-refractivity contribution in [1.29, 1.82) is 0 Å². The first-order valence-electron chi connectivity index (χ1n) is 14.8. The first kappa shape index (κ1) is 28.1. The third-order valence-corrected chi connectivity index (χ3v) is 9.52. The molecule has 0 spiro atoms. The number of fused-ring (bicyclic) bond motifs is 1. The minimum atomic E-state index is -0.394. The van der Waals surface area contributed by atoms with Crippen LogP contribution in [0.3, 0.4) is 0 Å². The average Bonchev–Trinajstić information content (AvgIpc) is 3.51. The number of carbonyl (C=O) groups excluding carboxylic acids is 2. The van der Waals surface area contributed by atoms with Gasteiger partial charge in [0, 0.05) is 48.4 Å². The Bertz CT molecular complexity index is 1370. The molecule has 6 rings (SSSR count). The number of thiazole rings is 1. The molecule has 0 aliphatic heterocycles. The maximum absolute atomic E-state index is 12.8. The maximum atomic E-state index is 12.8. The highest BCUT2D eigenvalue weighted by molar-refractivity contribution is 7.22. The lowest BCUT2D eigenvalue weighted by Crippen LogP contribution is -2.52. The van der Waals surface area contributed by atoms with E-state index in [0.717, 1.165) is 72.7 Å². The van der Waals surface area contributed by atoms with E-state index >= 15 is 0 Å². The fourth-order valence-electron chi connectivity index (χ4n) is 5.72. The largest absolute Gasteiger partial charge is 0.390 e. The molecular weight excluding hydrogens is 540 g/mol. The van der Waals surface area contributed by atoms with E-state index in [-0.39, 0.29) is 48.4 Å². The van der Waals surface area contributed by atoms with Crippen LogP contribution in [0.1, 0.15) is 64.1 Å². The van der Waals surface area contributed by atoms with E-state index in [2.05, 4.69) is 37.8 Å². The van der Waals surface area contributed by atoms with E-state index in [4.69, 9.17) is 4.74 Å². The van der Waals surface area contributed by atoms with Gasteiger partial charge in [0.2, 0.25) is 11.8 Å². The second kappa shape index (κ2) is 12.5. The van der Waals surface area contributed by atoms with Crippen LogP contribution in [0.2, 0.25) is 0 Å². The third-order valence-electron chi connectivity index (χ3n) is 8.59. The molecule has 3 fully saturated rings. The number of nitrogens with one attached hydrogen (secondary N) is 3. The van der Waals surface area contributed by atoms with E-state index in [1.54, 1.807) is 12.4 Å². The lowest BCUT2D eigenvalue weighted by molar-refractivity contribution is -0.127. The SMILES string of the molecule is C[C@@H](CNC(=O)C1CCC1)N[C@H]1C[C@@H](C(=O)Nc2nc3ccc(-c4cnc(CO[C@H]5CCC[C@@H]5O)nc4)cc3s2)C1. The monoisotopic (exact) mass is 578 g/mol. The summed E-state index contributed by atoms with van der Waals surface area (Å²) in [5.74, 6) is 0.938. The summed E-state index contributed by atoms with van der Waals surface area (Å²) in [5, 5.41) is 20.1. The minimum Gasteiger partial charge on any atom is -0.390 e. The number of hydrogen-bond acceptors (Lipinski definition) is 9. The van der Waals surface area contributed by atoms with E-state index in [1.807, 2.05) is 18.2 Å². The van der Waals surface area contributed by atoms with Gasteiger partial charge >= 0.3 is 0 Å². The van der Waals surface area contributed by atoms with Gasteiger partial charge in [0.1, 0.15) is 6.61 Å². The quantitative estimate of drug-likeness (QED) is 0.270. The van der Waals surface area contributed by atoms with Crippen molar-refractivity contribution in [3.8, 4) is 11.1 Å². The molecule has 0 saturated heterocycles. The summed E-state index contributed by atoms with van der Waals surface area (Å²) in [4.78, 5) is 38.4. The van der Waals surface area contributed by atoms with Crippen molar-refractivity contribution in [2.24, 2.45) is 11.8 Å². The van der Waals surface area contributed by atoms with Gasteiger partial charge in [0.25, 0.3) is 0 Å². The molecular formula is C30H38N6O4S. The van der Waals surface area contributed by atoms with Gasteiger partial charge in [-0.05, 0) is 69.6 Å². The normalized spacial score (nSPS) is 24.9. The first-order chi connectivity index (χ1) is 19.9. The number of benzene rings is 1. The molecule has 3 aliphatic carbocycles. The van der Waals surface area contributed by atoms with E-state index in [0.29, 0.717) is 17.5 Å². The molecule has 0 unspecified atom stereocenters. The van der Waals surface area contributed by atoms with Crippen LogP contribution in [0.15, 0.2) is 30.6 Å². The summed E-state index contributed by atoms with van der Waals surface area (Å²) in [6.45, 7) is 2.98. The summed E-state index contributed by atoms with van der Waals surface area (Å²) >= 11 is 1.46. The number of aliphatic hydroxyl groups is 1. The third kappa shape index (κ3) is 6.74. The van der Waals surface area contributed by atoms with Crippen molar-refractivity contribution in [2.45, 2.75) is 89.2 Å². The molecule has 0 radical (unpaired) electrons. The van der Waals surface area contributed by atoms with E-state index in [1.165, 1.54) is 11.3 Å². The zero-order valence-corrected chi connectivity index (χ0v) is 24.2. The number of aromatic nitrogens is 3. The molecule has 1 aromatic carbocycles. The molecule has 3 saturated carbocycles. The number of anilines is 1. The van der Waals surface area contributed by atoms with E-state index in [9.17, 15) is 14.7 Å². The Morgan fingerprint density at radius 3 is 2.54 bits per heavy atom. The zero-order valence-electron chi connectivity index (χ0n) is 23.3. The summed E-state index contributed by atoms with van der Waals surface area (Å²) in [6, 6.07) is 6.43. The number of ether oxygens (including phenoxy) is 1. The van der Waals surface area contributed by atoms with Gasteiger partial charge in [0.15, 0.2) is 11.0 Å². The zero-order chi connectivity index (χ0) is 28.3. The highest BCUT2D eigenvalue weighted by atomic mass is 32.1. The molecule has 3 atom stereocenters. The van der Waals surface area contributed by atoms with Gasteiger partial charge in [-0.3, -0.25) is 9.59 Å². The Labute approximate surface area is 243 Å². The summed E-state index contributed by atoms with van der Waals surface area (Å²) in [6.07, 6.45) is 10.4. The van der Waals surface area contributed by atoms with Crippen molar-refractivity contribution >= 4 is 38.5 Å².